The van der Waals surface area contributed by atoms with Crippen LogP contribution >= 0.6 is 0 Å². The van der Waals surface area contributed by atoms with Crippen molar-refractivity contribution in [2.24, 2.45) is 29.4 Å². The van der Waals surface area contributed by atoms with E-state index in [0.717, 1.165) is 5.56 Å². The van der Waals surface area contributed by atoms with Crippen LogP contribution in [0.1, 0.15) is 92.6 Å². The van der Waals surface area contributed by atoms with Crippen molar-refractivity contribution in [3.8, 4) is 0 Å². The lowest BCUT2D eigenvalue weighted by molar-refractivity contribution is -0.148. The number of methoxy groups -OCH3 is 2. The monoisotopic (exact) mass is 817 g/mol. The van der Waals surface area contributed by atoms with Crippen molar-refractivity contribution in [3.05, 3.63) is 35.9 Å². The van der Waals surface area contributed by atoms with Crippen LogP contribution in [-0.4, -0.2) is 139 Å². The highest BCUT2D eigenvalue weighted by Gasteiger charge is 2.43. The summed E-state index contributed by atoms with van der Waals surface area (Å²) in [6, 6.07) is 5.96. The molecule has 58 heavy (non-hydrogen) atoms. The molecule has 0 radical (unpaired) electrons. The molecule has 0 aromatic heterocycles. The second-order valence-electron chi connectivity index (χ2n) is 16.6. The van der Waals surface area contributed by atoms with Gasteiger partial charge >= 0.3 is 5.97 Å². The van der Waals surface area contributed by atoms with Gasteiger partial charge in [0.1, 0.15) is 12.1 Å². The molecule has 328 valence electrons. The molecule has 1 aromatic rings. The molecule has 15 nitrogen and oxygen atoms in total. The highest BCUT2D eigenvalue weighted by Crippen LogP contribution is 2.30. The van der Waals surface area contributed by atoms with Gasteiger partial charge in [-0.05, 0) is 56.2 Å². The van der Waals surface area contributed by atoms with Crippen LogP contribution < -0.4 is 16.4 Å². The van der Waals surface area contributed by atoms with Gasteiger partial charge in [0.2, 0.25) is 29.5 Å². The molecule has 0 bridgehead atoms. The predicted octanol–water partition coefficient (Wildman–Crippen LogP) is 3.08. The number of carboxylic acids is 1. The number of aliphatic carboxylic acids is 1. The summed E-state index contributed by atoms with van der Waals surface area (Å²) >= 11 is 0. The fraction of sp³-hybridized carbons (Fsp3) is 0.721. The lowest BCUT2D eigenvalue weighted by Gasteiger charge is -2.41. The summed E-state index contributed by atoms with van der Waals surface area (Å²) in [7, 11) is 6.50. The van der Waals surface area contributed by atoms with Crippen molar-refractivity contribution in [3.63, 3.8) is 0 Å². The number of likely N-dealkylation sites (tertiary alicyclic amines) is 1. The zero-order chi connectivity index (χ0) is 43.9. The summed E-state index contributed by atoms with van der Waals surface area (Å²) in [6.07, 6.45) is 1.21. The largest absolute Gasteiger partial charge is 0.481 e. The average molecular weight is 817 g/mol. The lowest BCUT2D eigenvalue weighted by Crippen LogP contribution is -2.60. The maximum atomic E-state index is 14.4. The third-order valence-corrected chi connectivity index (χ3v) is 11.7. The van der Waals surface area contributed by atoms with Crippen LogP contribution in [0.25, 0.3) is 0 Å². The maximum Gasteiger partial charge on any atom is 0.303 e. The van der Waals surface area contributed by atoms with Crippen LogP contribution in [0.5, 0.6) is 0 Å². The number of hydrogen-bond donors (Lipinski definition) is 4. The van der Waals surface area contributed by atoms with E-state index >= 15 is 0 Å². The third-order valence-electron chi connectivity index (χ3n) is 11.7. The van der Waals surface area contributed by atoms with Crippen molar-refractivity contribution in [1.82, 2.24) is 25.3 Å². The van der Waals surface area contributed by atoms with Crippen LogP contribution in [0.4, 0.5) is 0 Å². The molecule has 1 aromatic carbocycles. The smallest absolute Gasteiger partial charge is 0.303 e. The van der Waals surface area contributed by atoms with E-state index in [-0.39, 0.29) is 54.7 Å². The molecule has 2 rings (SSSR count). The van der Waals surface area contributed by atoms with E-state index < -0.39 is 66.1 Å². The van der Waals surface area contributed by atoms with Crippen LogP contribution in [-0.2, 0) is 44.7 Å². The minimum absolute atomic E-state index is 0.00906. The molecular weight excluding hydrogens is 745 g/mol. The Bertz CT molecular complexity index is 1490. The van der Waals surface area contributed by atoms with Gasteiger partial charge in [-0.3, -0.25) is 33.7 Å². The van der Waals surface area contributed by atoms with Crippen molar-refractivity contribution in [2.45, 2.75) is 136 Å². The Labute approximate surface area is 346 Å². The van der Waals surface area contributed by atoms with Crippen molar-refractivity contribution >= 4 is 35.5 Å². The van der Waals surface area contributed by atoms with Crippen molar-refractivity contribution in [1.29, 1.82) is 0 Å². The Morgan fingerprint density at radius 3 is 2.09 bits per heavy atom. The number of ether oxygens (including phenoxy) is 2. The first-order valence-corrected chi connectivity index (χ1v) is 20.8. The molecular formula is C43H72N6O9. The van der Waals surface area contributed by atoms with Gasteiger partial charge in [-0.25, -0.2) is 0 Å². The van der Waals surface area contributed by atoms with E-state index in [1.165, 1.54) is 14.2 Å². The summed E-state index contributed by atoms with van der Waals surface area (Å²) in [5.74, 6) is -3.96. The molecule has 15 heteroatoms. The molecule has 9 atom stereocenters. The van der Waals surface area contributed by atoms with E-state index in [9.17, 15) is 28.8 Å². The van der Waals surface area contributed by atoms with Crippen molar-refractivity contribution in [2.75, 3.05) is 41.4 Å². The number of hydrogen-bond acceptors (Lipinski definition) is 9. The highest BCUT2D eigenvalue weighted by molar-refractivity contribution is 5.90. The molecule has 1 aliphatic heterocycles. The number of nitrogens with zero attached hydrogens (tertiary/aromatic N) is 3. The number of carbonyl (C=O) groups excluding carboxylic acids is 5. The number of rotatable bonds is 25. The number of nitrogens with two attached hydrogens (primary N) is 1. The molecule has 0 spiro atoms. The van der Waals surface area contributed by atoms with E-state index in [0.29, 0.717) is 38.8 Å². The van der Waals surface area contributed by atoms with Gasteiger partial charge in [-0.15, -0.1) is 0 Å². The number of primary amides is 1. The van der Waals surface area contributed by atoms with E-state index in [1.807, 2.05) is 76.8 Å². The Morgan fingerprint density at radius 2 is 1.57 bits per heavy atom. The quantitative estimate of drug-likeness (QED) is 0.114. The molecule has 1 heterocycles. The molecule has 8 unspecified atom stereocenters. The Hall–Kier alpha value is -4.08. The van der Waals surface area contributed by atoms with E-state index in [4.69, 9.17) is 20.3 Å². The predicted molar refractivity (Wildman–Crippen MR) is 222 cm³/mol. The van der Waals surface area contributed by atoms with Gasteiger partial charge in [-0.1, -0.05) is 85.2 Å². The number of benzene rings is 1. The first-order valence-electron chi connectivity index (χ1n) is 20.8. The Kier molecular flexibility index (Phi) is 20.8. The third kappa shape index (κ3) is 14.0. The zero-order valence-corrected chi connectivity index (χ0v) is 36.7. The van der Waals surface area contributed by atoms with Crippen LogP contribution in [0.15, 0.2) is 30.3 Å². The van der Waals surface area contributed by atoms with Gasteiger partial charge in [0.05, 0.1) is 42.7 Å². The molecule has 1 aliphatic rings. The van der Waals surface area contributed by atoms with E-state index in [2.05, 4.69) is 10.6 Å². The Morgan fingerprint density at radius 1 is 0.931 bits per heavy atom. The first-order chi connectivity index (χ1) is 27.3. The Balaban J connectivity index is 2.27. The van der Waals surface area contributed by atoms with Crippen LogP contribution in [0.2, 0.25) is 0 Å². The first kappa shape index (κ1) is 50.1. The van der Waals surface area contributed by atoms with E-state index in [1.54, 1.807) is 30.8 Å². The number of carbonyl (C=O) groups is 6. The number of amides is 5. The molecule has 5 amide bonds. The van der Waals surface area contributed by atoms with Crippen LogP contribution in [0.3, 0.4) is 0 Å². The second-order valence-corrected chi connectivity index (χ2v) is 16.6. The summed E-state index contributed by atoms with van der Waals surface area (Å²) in [4.78, 5) is 84.6. The summed E-state index contributed by atoms with van der Waals surface area (Å²) < 4.78 is 11.9. The van der Waals surface area contributed by atoms with Gasteiger partial charge in [0.25, 0.3) is 0 Å². The van der Waals surface area contributed by atoms with Gasteiger partial charge in [0, 0.05) is 40.7 Å². The minimum Gasteiger partial charge on any atom is -0.481 e. The lowest BCUT2D eigenvalue weighted by atomic mass is 9.89. The normalized spacial score (nSPS) is 18.5. The fourth-order valence-corrected chi connectivity index (χ4v) is 8.28. The molecule has 1 fully saturated rings. The molecule has 0 aliphatic carbocycles. The molecule has 5 N–H and O–H groups in total. The fourth-order valence-electron chi connectivity index (χ4n) is 8.28. The average Bonchev–Trinajstić information content (AvgIpc) is 3.65. The summed E-state index contributed by atoms with van der Waals surface area (Å²) in [5, 5.41) is 14.9. The molecule has 1 saturated heterocycles. The maximum absolute atomic E-state index is 14.4. The SMILES string of the molecule is CCC(C)C(C(CC(=O)N1CCC[C@H]1C(OC)C(C)C(=O)NC(Cc1ccccc1)C(N)=O)OC)N(C)C(=O)C(NC(=O)C(C(C)C)N(C)CCCC(=O)O)C(C)C. The van der Waals surface area contributed by atoms with Gasteiger partial charge < -0.3 is 40.7 Å². The second kappa shape index (κ2) is 24.1. The number of carboxylic acid groups (broad SMARTS) is 1. The zero-order valence-electron chi connectivity index (χ0n) is 36.7. The molecule has 0 saturated carbocycles. The topological polar surface area (TPSA) is 201 Å². The number of nitrogens with one attached hydrogen (secondary N) is 2. The summed E-state index contributed by atoms with van der Waals surface area (Å²) in [6.45, 7) is 14.2. The summed E-state index contributed by atoms with van der Waals surface area (Å²) in [5.41, 5.74) is 6.53. The van der Waals surface area contributed by atoms with Gasteiger partial charge in [-0.2, -0.15) is 0 Å². The minimum atomic E-state index is -0.923. The van der Waals surface area contributed by atoms with Gasteiger partial charge in [0.15, 0.2) is 0 Å². The number of likely N-dealkylation sites (N-methyl/N-ethyl adjacent to an activating group) is 2. The highest BCUT2D eigenvalue weighted by atomic mass is 16.5. The van der Waals surface area contributed by atoms with Crippen LogP contribution in [0, 0.1) is 23.7 Å². The van der Waals surface area contributed by atoms with Crippen molar-refractivity contribution < 1.29 is 43.3 Å². The standard InChI is InChI=1S/C43H72N6O9/c1-12-28(6)38(48(9)43(56)36(26(2)3)46-42(55)37(27(4)5)47(8)22-17-21-35(51)52)33(57-10)25-34(50)49-23-16-20-32(49)39(58-11)29(7)41(54)45-31(40(44)53)24-30-18-14-13-15-19-30/h13-15,18-19,26-29,31-33,36-39H,12,16-17,20-25H2,1-11H3,(H2,44,53)(H,45,54)(H,46,55)(H,51,52)/t28?,29?,31?,32-,33?,36?,37?,38?,39?/m0/s1.